The number of aromatic nitrogens is 5. The quantitative estimate of drug-likeness (QED) is 0.523. The van der Waals surface area contributed by atoms with Crippen molar-refractivity contribution in [2.24, 2.45) is 0 Å². The van der Waals surface area contributed by atoms with Crippen molar-refractivity contribution < 1.29 is 9.59 Å². The second-order valence-corrected chi connectivity index (χ2v) is 10.3. The van der Waals surface area contributed by atoms with Crippen molar-refractivity contribution in [3.63, 3.8) is 0 Å². The molecule has 9 nitrogen and oxygen atoms in total. The first-order chi connectivity index (χ1) is 17.0. The predicted octanol–water partition coefficient (Wildman–Crippen LogP) is 3.84. The number of aryl methyl sites for hydroxylation is 2. The molecule has 184 valence electrons. The van der Waals surface area contributed by atoms with Crippen molar-refractivity contribution in [2.45, 2.75) is 64.7 Å². The van der Waals surface area contributed by atoms with E-state index in [1.807, 2.05) is 30.2 Å². The number of rotatable bonds is 6. The van der Waals surface area contributed by atoms with Gasteiger partial charge in [0.2, 0.25) is 0 Å². The molecule has 35 heavy (non-hydrogen) atoms. The molecule has 0 bridgehead atoms. The van der Waals surface area contributed by atoms with Crippen LogP contribution in [0, 0.1) is 13.8 Å². The first-order valence-corrected chi connectivity index (χ1v) is 13.3. The summed E-state index contributed by atoms with van der Waals surface area (Å²) in [6.45, 7) is 5.64. The summed E-state index contributed by atoms with van der Waals surface area (Å²) in [4.78, 5) is 32.1. The van der Waals surface area contributed by atoms with E-state index in [4.69, 9.17) is 0 Å². The summed E-state index contributed by atoms with van der Waals surface area (Å²) in [6.07, 6.45) is 9.71. The van der Waals surface area contributed by atoms with E-state index in [0.717, 1.165) is 42.8 Å². The summed E-state index contributed by atoms with van der Waals surface area (Å²) < 4.78 is 1.68. The lowest BCUT2D eigenvalue weighted by molar-refractivity contribution is 0.0704. The average molecular weight is 494 g/mol. The third-order valence-electron chi connectivity index (χ3n) is 6.93. The highest BCUT2D eigenvalue weighted by molar-refractivity contribution is 7.09. The van der Waals surface area contributed by atoms with Crippen LogP contribution in [0.1, 0.15) is 88.2 Å². The lowest BCUT2D eigenvalue weighted by Gasteiger charge is -2.31. The van der Waals surface area contributed by atoms with Crippen LogP contribution in [-0.4, -0.2) is 61.1 Å². The van der Waals surface area contributed by atoms with Gasteiger partial charge in [-0.25, -0.2) is 9.50 Å². The molecule has 5 rings (SSSR count). The van der Waals surface area contributed by atoms with Crippen LogP contribution >= 0.6 is 11.3 Å². The van der Waals surface area contributed by atoms with Gasteiger partial charge in [-0.3, -0.25) is 9.59 Å². The number of allylic oxidation sites excluding steroid dienone is 1. The fraction of sp³-hybridized carbons (Fsp3) is 0.520. The number of carbonyl (C=O) groups is 2. The number of carbonyl (C=O) groups excluding carboxylic acids is 2. The van der Waals surface area contributed by atoms with Gasteiger partial charge in [0.15, 0.2) is 11.3 Å². The molecule has 0 saturated carbocycles. The largest absolute Gasteiger partial charge is 0.350 e. The zero-order valence-electron chi connectivity index (χ0n) is 20.3. The van der Waals surface area contributed by atoms with Crippen LogP contribution in [0.3, 0.4) is 0 Å². The number of piperidine rings is 1. The molecule has 1 fully saturated rings. The van der Waals surface area contributed by atoms with Gasteiger partial charge in [-0.05, 0) is 58.8 Å². The highest BCUT2D eigenvalue weighted by Crippen LogP contribution is 2.31. The molecule has 3 aromatic rings. The Morgan fingerprint density at radius 2 is 2.00 bits per heavy atom. The van der Waals surface area contributed by atoms with E-state index < -0.39 is 0 Å². The van der Waals surface area contributed by atoms with Crippen LogP contribution in [0.25, 0.3) is 5.65 Å². The predicted molar refractivity (Wildman–Crippen MR) is 134 cm³/mol. The van der Waals surface area contributed by atoms with E-state index in [2.05, 4.69) is 31.7 Å². The number of likely N-dealkylation sites (tertiary alicyclic amines) is 1. The van der Waals surface area contributed by atoms with Gasteiger partial charge in [-0.15, -0.1) is 21.5 Å². The molecule has 3 aromatic heterocycles. The van der Waals surface area contributed by atoms with Gasteiger partial charge in [0.25, 0.3) is 11.8 Å². The van der Waals surface area contributed by atoms with Gasteiger partial charge in [0, 0.05) is 37.0 Å². The van der Waals surface area contributed by atoms with E-state index in [-0.39, 0.29) is 17.7 Å². The molecule has 1 N–H and O–H groups in total. The molecule has 0 spiro atoms. The molecular formula is C25H31N7O2S. The Morgan fingerprint density at radius 1 is 1.17 bits per heavy atom. The fourth-order valence-corrected chi connectivity index (χ4v) is 5.86. The molecular weight excluding hydrogens is 462 g/mol. The maximum Gasteiger partial charge on any atom is 0.276 e. The van der Waals surface area contributed by atoms with Gasteiger partial charge in [-0.2, -0.15) is 5.10 Å². The number of nitrogens with one attached hydrogen (secondary N) is 1. The molecule has 1 aliphatic carbocycles. The summed E-state index contributed by atoms with van der Waals surface area (Å²) in [5, 5.41) is 18.6. The van der Waals surface area contributed by atoms with Gasteiger partial charge in [0.1, 0.15) is 5.69 Å². The molecule has 0 aromatic carbocycles. The summed E-state index contributed by atoms with van der Waals surface area (Å²) in [5.74, 6) is 0.0343. The second-order valence-electron chi connectivity index (χ2n) is 9.44. The minimum Gasteiger partial charge on any atom is -0.350 e. The zero-order chi connectivity index (χ0) is 24.4. The minimum absolute atomic E-state index is 0.102. The minimum atomic E-state index is -0.115. The van der Waals surface area contributed by atoms with Crippen LogP contribution in [0.4, 0.5) is 0 Å². The van der Waals surface area contributed by atoms with E-state index in [9.17, 15) is 9.59 Å². The number of hydrogen-bond donors (Lipinski definition) is 1. The third-order valence-corrected chi connectivity index (χ3v) is 7.94. The SMILES string of the molecule is Cc1cc2nnc(C(=O)N3CCC(c4nc(C(=O)NCCC5=CCCCC5)cs4)CC3)c(C)n2n1. The Morgan fingerprint density at radius 3 is 2.77 bits per heavy atom. The van der Waals surface area contributed by atoms with E-state index in [1.165, 1.54) is 29.8 Å². The Labute approximate surface area is 208 Å². The Kier molecular flexibility index (Phi) is 6.90. The lowest BCUT2D eigenvalue weighted by Crippen LogP contribution is -2.39. The van der Waals surface area contributed by atoms with Crippen LogP contribution < -0.4 is 5.32 Å². The highest BCUT2D eigenvalue weighted by atomic mass is 32.1. The molecule has 2 amide bonds. The van der Waals surface area contributed by atoms with Crippen LogP contribution in [0.5, 0.6) is 0 Å². The number of thiazole rings is 1. The van der Waals surface area contributed by atoms with Crippen molar-refractivity contribution in [3.05, 3.63) is 50.9 Å². The average Bonchev–Trinajstić information content (AvgIpc) is 3.52. The smallest absolute Gasteiger partial charge is 0.276 e. The van der Waals surface area contributed by atoms with Crippen molar-refractivity contribution >= 4 is 28.8 Å². The van der Waals surface area contributed by atoms with Gasteiger partial charge >= 0.3 is 0 Å². The van der Waals surface area contributed by atoms with Crippen molar-refractivity contribution in [2.75, 3.05) is 19.6 Å². The Hall–Kier alpha value is -3.14. The molecule has 10 heteroatoms. The Bertz CT molecular complexity index is 1270. The second kappa shape index (κ2) is 10.2. The first-order valence-electron chi connectivity index (χ1n) is 12.4. The normalized spacial score (nSPS) is 17.0. The maximum absolute atomic E-state index is 13.1. The first kappa shape index (κ1) is 23.6. The fourth-order valence-electron chi connectivity index (χ4n) is 4.89. The van der Waals surface area contributed by atoms with Crippen LogP contribution in [0.2, 0.25) is 0 Å². The summed E-state index contributed by atoms with van der Waals surface area (Å²) in [7, 11) is 0. The van der Waals surface area contributed by atoms with Crippen LogP contribution in [-0.2, 0) is 0 Å². The highest BCUT2D eigenvalue weighted by Gasteiger charge is 2.29. The summed E-state index contributed by atoms with van der Waals surface area (Å²) in [6, 6.07) is 1.84. The number of hydrogen-bond acceptors (Lipinski definition) is 7. The zero-order valence-corrected chi connectivity index (χ0v) is 21.1. The number of fused-ring (bicyclic) bond motifs is 1. The van der Waals surface area contributed by atoms with Gasteiger partial charge in [0.05, 0.1) is 16.4 Å². The standard InChI is InChI=1S/C25H31N7O2S/c1-16-14-21-28-29-22(17(2)32(21)30-16)25(34)31-12-9-19(10-13-31)24-27-20(15-35-24)23(33)26-11-8-18-6-4-3-5-7-18/h6,14-15,19H,3-5,7-13H2,1-2H3,(H,26,33). The van der Waals surface area contributed by atoms with Gasteiger partial charge in [-0.1, -0.05) is 11.6 Å². The van der Waals surface area contributed by atoms with E-state index >= 15 is 0 Å². The van der Waals surface area contributed by atoms with Crippen molar-refractivity contribution in [1.29, 1.82) is 0 Å². The third kappa shape index (κ3) is 5.12. The van der Waals surface area contributed by atoms with Crippen LogP contribution in [0.15, 0.2) is 23.1 Å². The lowest BCUT2D eigenvalue weighted by atomic mass is 9.97. The molecule has 0 atom stereocenters. The van der Waals surface area contributed by atoms with Crippen molar-refractivity contribution in [1.82, 2.24) is 35.0 Å². The van der Waals surface area contributed by atoms with Crippen molar-refractivity contribution in [3.8, 4) is 0 Å². The Balaban J connectivity index is 1.15. The summed E-state index contributed by atoms with van der Waals surface area (Å²) >= 11 is 1.54. The molecule has 2 aliphatic rings. The number of nitrogens with zero attached hydrogens (tertiary/aromatic N) is 6. The molecule has 1 aliphatic heterocycles. The van der Waals surface area contributed by atoms with E-state index in [1.54, 1.807) is 4.52 Å². The van der Waals surface area contributed by atoms with E-state index in [0.29, 0.717) is 42.4 Å². The molecule has 0 radical (unpaired) electrons. The molecule has 4 heterocycles. The molecule has 0 unspecified atom stereocenters. The van der Waals surface area contributed by atoms with Gasteiger partial charge < -0.3 is 10.2 Å². The summed E-state index contributed by atoms with van der Waals surface area (Å²) in [5.41, 5.74) is 4.48. The molecule has 1 saturated heterocycles. The monoisotopic (exact) mass is 493 g/mol. The number of amides is 2. The maximum atomic E-state index is 13.1. The topological polar surface area (TPSA) is 105 Å².